The molecule has 126 valence electrons. The van der Waals surface area contributed by atoms with Crippen LogP contribution in [0.1, 0.15) is 47.7 Å². The molecule has 2 heterocycles. The number of hydrogen-bond donors (Lipinski definition) is 0. The van der Waals surface area contributed by atoms with Crippen molar-refractivity contribution in [3.05, 3.63) is 28.8 Å². The fraction of sp³-hybridized carbons (Fsp3) is 0.632. The van der Waals surface area contributed by atoms with Gasteiger partial charge in [-0.3, -0.25) is 9.69 Å². The van der Waals surface area contributed by atoms with Gasteiger partial charge >= 0.3 is 0 Å². The predicted molar refractivity (Wildman–Crippen MR) is 92.2 cm³/mol. The van der Waals surface area contributed by atoms with Crippen molar-refractivity contribution in [2.24, 2.45) is 0 Å². The average molecular weight is 316 g/mol. The lowest BCUT2D eigenvalue weighted by atomic mass is 9.96. The number of hydrogen-bond acceptors (Lipinski definition) is 3. The van der Waals surface area contributed by atoms with E-state index in [-0.39, 0.29) is 5.91 Å². The molecule has 2 aliphatic rings. The summed E-state index contributed by atoms with van der Waals surface area (Å²) in [6.07, 6.45) is 3.93. The molecule has 1 amide bonds. The van der Waals surface area contributed by atoms with E-state index < -0.39 is 0 Å². The number of ether oxygens (including phenoxy) is 1. The lowest BCUT2D eigenvalue weighted by molar-refractivity contribution is 0.00212. The molecule has 0 aromatic heterocycles. The number of likely N-dealkylation sites (tertiary alicyclic amines) is 2. The zero-order valence-electron chi connectivity index (χ0n) is 14.8. The van der Waals surface area contributed by atoms with Gasteiger partial charge in [-0.1, -0.05) is 6.42 Å². The number of aryl methyl sites for hydroxylation is 2. The van der Waals surface area contributed by atoms with Crippen molar-refractivity contribution in [2.75, 3.05) is 26.7 Å². The molecule has 0 aliphatic carbocycles. The van der Waals surface area contributed by atoms with E-state index in [2.05, 4.69) is 11.8 Å². The molecule has 2 saturated heterocycles. The highest BCUT2D eigenvalue weighted by molar-refractivity contribution is 5.95. The van der Waals surface area contributed by atoms with Crippen LogP contribution < -0.4 is 4.74 Å². The minimum atomic E-state index is 0.153. The Labute approximate surface area is 139 Å². The van der Waals surface area contributed by atoms with Crippen LogP contribution in [0.5, 0.6) is 5.75 Å². The summed E-state index contributed by atoms with van der Waals surface area (Å²) in [6.45, 7) is 9.24. The number of rotatable bonds is 3. The highest BCUT2D eigenvalue weighted by Gasteiger charge is 2.37. The zero-order chi connectivity index (χ0) is 16.6. The van der Waals surface area contributed by atoms with E-state index in [1.165, 1.54) is 25.8 Å². The Morgan fingerprint density at radius 1 is 1.17 bits per heavy atom. The van der Waals surface area contributed by atoms with Gasteiger partial charge in [0.1, 0.15) is 5.75 Å². The second-order valence-electron chi connectivity index (χ2n) is 7.09. The first-order valence-electron chi connectivity index (χ1n) is 8.71. The Bertz CT molecular complexity index is 570. The molecule has 1 aromatic rings. The van der Waals surface area contributed by atoms with Gasteiger partial charge in [-0.25, -0.2) is 0 Å². The van der Waals surface area contributed by atoms with Gasteiger partial charge in [0.25, 0.3) is 5.91 Å². The summed E-state index contributed by atoms with van der Waals surface area (Å²) >= 11 is 0. The van der Waals surface area contributed by atoms with Gasteiger partial charge in [-0.2, -0.15) is 0 Å². The van der Waals surface area contributed by atoms with Crippen LogP contribution in [0.25, 0.3) is 0 Å². The molecular weight excluding hydrogens is 288 g/mol. The number of benzene rings is 1. The number of carbonyl (C=O) groups excluding carboxylic acids is 1. The van der Waals surface area contributed by atoms with Crippen molar-refractivity contribution in [2.45, 2.75) is 52.1 Å². The van der Waals surface area contributed by atoms with Gasteiger partial charge in [-0.15, -0.1) is 0 Å². The summed E-state index contributed by atoms with van der Waals surface area (Å²) in [6, 6.07) is 5.11. The van der Waals surface area contributed by atoms with E-state index in [4.69, 9.17) is 4.74 Å². The average Bonchev–Trinajstić information content (AvgIpc) is 2.47. The monoisotopic (exact) mass is 316 g/mol. The molecular formula is C19H28N2O2. The summed E-state index contributed by atoms with van der Waals surface area (Å²) in [5.74, 6) is 1.03. The lowest BCUT2D eigenvalue weighted by Gasteiger charge is -2.49. The molecule has 2 fully saturated rings. The largest absolute Gasteiger partial charge is 0.496 e. The number of nitrogens with zero attached hydrogens (tertiary/aromatic N) is 2. The summed E-state index contributed by atoms with van der Waals surface area (Å²) in [5.41, 5.74) is 2.83. The van der Waals surface area contributed by atoms with E-state index in [1.807, 2.05) is 30.9 Å². The van der Waals surface area contributed by atoms with Crippen molar-refractivity contribution < 1.29 is 9.53 Å². The minimum absolute atomic E-state index is 0.153. The molecule has 0 unspecified atom stereocenters. The van der Waals surface area contributed by atoms with Crippen LogP contribution in [-0.2, 0) is 0 Å². The molecule has 0 saturated carbocycles. The van der Waals surface area contributed by atoms with E-state index in [1.54, 1.807) is 7.11 Å². The molecule has 23 heavy (non-hydrogen) atoms. The van der Waals surface area contributed by atoms with Crippen molar-refractivity contribution in [1.82, 2.24) is 9.80 Å². The normalized spacial score (nSPS) is 22.8. The number of methoxy groups -OCH3 is 1. The second-order valence-corrected chi connectivity index (χ2v) is 7.09. The van der Waals surface area contributed by atoms with Crippen LogP contribution in [0.4, 0.5) is 0 Å². The van der Waals surface area contributed by atoms with Crippen LogP contribution in [0.15, 0.2) is 12.1 Å². The van der Waals surface area contributed by atoms with E-state index in [9.17, 15) is 4.79 Å². The first kappa shape index (κ1) is 16.3. The van der Waals surface area contributed by atoms with Gasteiger partial charge in [0.05, 0.1) is 7.11 Å². The maximum atomic E-state index is 12.7. The first-order chi connectivity index (χ1) is 11.0. The van der Waals surface area contributed by atoms with Crippen LogP contribution in [-0.4, -0.2) is 54.5 Å². The summed E-state index contributed by atoms with van der Waals surface area (Å²) in [5, 5.41) is 0. The number of piperidine rings is 1. The highest BCUT2D eigenvalue weighted by Crippen LogP contribution is 2.28. The Hall–Kier alpha value is -1.55. The van der Waals surface area contributed by atoms with Crippen molar-refractivity contribution in [3.63, 3.8) is 0 Å². The van der Waals surface area contributed by atoms with Crippen LogP contribution in [0.2, 0.25) is 0 Å². The van der Waals surface area contributed by atoms with Crippen LogP contribution >= 0.6 is 0 Å². The van der Waals surface area contributed by atoms with Gasteiger partial charge in [0, 0.05) is 30.7 Å². The van der Waals surface area contributed by atoms with Crippen LogP contribution in [0, 0.1) is 13.8 Å². The van der Waals surface area contributed by atoms with E-state index in [0.29, 0.717) is 12.1 Å². The van der Waals surface area contributed by atoms with Crippen molar-refractivity contribution >= 4 is 5.91 Å². The fourth-order valence-corrected chi connectivity index (χ4v) is 4.07. The van der Waals surface area contributed by atoms with Crippen molar-refractivity contribution in [3.8, 4) is 5.75 Å². The Morgan fingerprint density at radius 2 is 1.83 bits per heavy atom. The Kier molecular flexibility index (Phi) is 4.62. The third kappa shape index (κ3) is 3.09. The topological polar surface area (TPSA) is 32.8 Å². The number of amides is 1. The van der Waals surface area contributed by atoms with Gasteiger partial charge < -0.3 is 9.64 Å². The summed E-state index contributed by atoms with van der Waals surface area (Å²) in [7, 11) is 1.68. The Balaban J connectivity index is 1.65. The molecule has 0 radical (unpaired) electrons. The Morgan fingerprint density at radius 3 is 2.39 bits per heavy atom. The molecule has 1 atom stereocenters. The number of carbonyl (C=O) groups is 1. The summed E-state index contributed by atoms with van der Waals surface area (Å²) in [4.78, 5) is 17.3. The minimum Gasteiger partial charge on any atom is -0.496 e. The van der Waals surface area contributed by atoms with E-state index in [0.717, 1.165) is 35.5 Å². The van der Waals surface area contributed by atoms with Crippen LogP contribution in [0.3, 0.4) is 0 Å². The second kappa shape index (κ2) is 6.52. The fourth-order valence-electron chi connectivity index (χ4n) is 4.07. The lowest BCUT2D eigenvalue weighted by Crippen LogP contribution is -2.63. The molecule has 0 spiro atoms. The smallest absolute Gasteiger partial charge is 0.253 e. The van der Waals surface area contributed by atoms with Gasteiger partial charge in [0.15, 0.2) is 0 Å². The molecule has 4 nitrogen and oxygen atoms in total. The van der Waals surface area contributed by atoms with Gasteiger partial charge in [0.2, 0.25) is 0 Å². The quantitative estimate of drug-likeness (QED) is 0.859. The SMILES string of the molecule is COc1c(C)cc(C(=O)N2CC(N3CCCC[C@H]3C)C2)cc1C. The molecule has 0 N–H and O–H groups in total. The molecule has 3 rings (SSSR count). The third-order valence-corrected chi connectivity index (χ3v) is 5.38. The third-order valence-electron chi connectivity index (χ3n) is 5.38. The maximum absolute atomic E-state index is 12.7. The van der Waals surface area contributed by atoms with Gasteiger partial charge in [-0.05, 0) is 63.4 Å². The van der Waals surface area contributed by atoms with Crippen molar-refractivity contribution in [1.29, 1.82) is 0 Å². The molecule has 0 bridgehead atoms. The molecule has 1 aromatic carbocycles. The van der Waals surface area contributed by atoms with E-state index >= 15 is 0 Å². The predicted octanol–water partition coefficient (Wildman–Crippen LogP) is 3.01. The highest BCUT2D eigenvalue weighted by atomic mass is 16.5. The molecule has 4 heteroatoms. The first-order valence-corrected chi connectivity index (χ1v) is 8.71. The zero-order valence-corrected chi connectivity index (χ0v) is 14.8. The standard InChI is InChI=1S/C19H28N2O2/c1-13-9-16(10-14(2)18(13)23-4)19(22)20-11-17(12-20)21-8-6-5-7-15(21)3/h9-10,15,17H,5-8,11-12H2,1-4H3/t15-/m1/s1. The maximum Gasteiger partial charge on any atom is 0.253 e. The molecule has 2 aliphatic heterocycles. The summed E-state index contributed by atoms with van der Waals surface area (Å²) < 4.78 is 5.39.